The molecule has 7 aromatic rings. The molecule has 0 atom stereocenters. The molecular formula is C44H36O4S. The third kappa shape index (κ3) is 6.38. The van der Waals surface area contributed by atoms with E-state index in [1.807, 2.05) is 59.9 Å². The summed E-state index contributed by atoms with van der Waals surface area (Å²) >= 11 is 1.86. The lowest BCUT2D eigenvalue weighted by Crippen LogP contribution is -2.10. The molecule has 0 unspecified atom stereocenters. The van der Waals surface area contributed by atoms with Gasteiger partial charge in [0.25, 0.3) is 0 Å². The number of hydrogen-bond acceptors (Lipinski definition) is 5. The maximum Gasteiger partial charge on any atom is 0.338 e. The Bertz CT molecular complexity index is 2280. The van der Waals surface area contributed by atoms with Crippen LogP contribution in [0.1, 0.15) is 36.1 Å². The van der Waals surface area contributed by atoms with E-state index >= 15 is 0 Å². The maximum atomic E-state index is 12.4. The zero-order valence-corrected chi connectivity index (χ0v) is 28.5. The Balaban J connectivity index is 1.35. The molecule has 0 fully saturated rings. The fourth-order valence-electron chi connectivity index (χ4n) is 6.51. The molecule has 1 heterocycles. The predicted molar refractivity (Wildman–Crippen MR) is 203 cm³/mol. The Kier molecular flexibility index (Phi) is 8.85. The monoisotopic (exact) mass is 660 g/mol. The smallest absolute Gasteiger partial charge is 0.338 e. The molecule has 0 saturated carbocycles. The molecule has 0 spiro atoms. The van der Waals surface area contributed by atoms with Crippen molar-refractivity contribution in [2.24, 2.45) is 0 Å². The summed E-state index contributed by atoms with van der Waals surface area (Å²) < 4.78 is 14.0. The van der Waals surface area contributed by atoms with Crippen molar-refractivity contribution < 1.29 is 19.1 Å². The van der Waals surface area contributed by atoms with E-state index in [0.29, 0.717) is 35.5 Å². The van der Waals surface area contributed by atoms with Gasteiger partial charge in [0.2, 0.25) is 0 Å². The first kappa shape index (κ1) is 32.0. The number of esters is 2. The lowest BCUT2D eigenvalue weighted by Gasteiger charge is -2.12. The van der Waals surface area contributed by atoms with Gasteiger partial charge in [-0.25, -0.2) is 9.59 Å². The van der Waals surface area contributed by atoms with E-state index in [9.17, 15) is 9.59 Å². The lowest BCUT2D eigenvalue weighted by molar-refractivity contribution is -0.131. The minimum absolute atomic E-state index is 0.371. The van der Waals surface area contributed by atoms with Gasteiger partial charge in [-0.2, -0.15) is 0 Å². The summed E-state index contributed by atoms with van der Waals surface area (Å²) in [5, 5.41) is 7.45. The third-order valence-corrected chi connectivity index (χ3v) is 10.3. The van der Waals surface area contributed by atoms with Crippen LogP contribution in [0.2, 0.25) is 0 Å². The van der Waals surface area contributed by atoms with Gasteiger partial charge in [-0.05, 0) is 108 Å². The van der Waals surface area contributed by atoms with Gasteiger partial charge in [-0.1, -0.05) is 98.1 Å². The van der Waals surface area contributed by atoms with Gasteiger partial charge in [0.05, 0.1) is 0 Å². The molecule has 4 nitrogen and oxygen atoms in total. The zero-order chi connectivity index (χ0) is 34.1. The molecule has 0 aliphatic carbocycles. The number of carbonyl (C=O) groups excluding carboxylic acids is 2. The van der Waals surface area contributed by atoms with Gasteiger partial charge in [0, 0.05) is 31.3 Å². The van der Waals surface area contributed by atoms with Gasteiger partial charge in [0.1, 0.15) is 11.5 Å². The van der Waals surface area contributed by atoms with Crippen molar-refractivity contribution in [2.75, 3.05) is 0 Å². The second-order valence-corrected chi connectivity index (χ2v) is 13.6. The third-order valence-electron chi connectivity index (χ3n) is 8.99. The van der Waals surface area contributed by atoms with Crippen LogP contribution >= 0.6 is 11.3 Å². The van der Waals surface area contributed by atoms with Crippen molar-refractivity contribution in [2.45, 2.75) is 39.5 Å². The van der Waals surface area contributed by atoms with Crippen LogP contribution in [0.15, 0.2) is 133 Å². The minimum Gasteiger partial charge on any atom is -0.423 e. The number of hydrogen-bond donors (Lipinski definition) is 0. The molecule has 0 aliphatic heterocycles. The Morgan fingerprint density at radius 2 is 0.898 bits per heavy atom. The fourth-order valence-corrected chi connectivity index (χ4v) is 7.93. The normalized spacial score (nSPS) is 11.3. The Morgan fingerprint density at radius 3 is 1.33 bits per heavy atom. The van der Waals surface area contributed by atoms with Crippen molar-refractivity contribution in [1.29, 1.82) is 0 Å². The first-order valence-corrected chi connectivity index (χ1v) is 17.3. The van der Waals surface area contributed by atoms with E-state index in [-0.39, 0.29) is 0 Å². The summed E-state index contributed by atoms with van der Waals surface area (Å²) in [5.74, 6) is 0.319. The number of fused-ring (bicyclic) bond motifs is 7. The second kappa shape index (κ2) is 13.5. The minimum atomic E-state index is -0.416. The van der Waals surface area contributed by atoms with Gasteiger partial charge in [-0.3, -0.25) is 0 Å². The van der Waals surface area contributed by atoms with Crippen molar-refractivity contribution in [3.8, 4) is 11.5 Å². The van der Waals surface area contributed by atoms with Crippen LogP contribution in [-0.4, -0.2) is 11.9 Å². The molecule has 1 aromatic heterocycles. The summed E-state index contributed by atoms with van der Waals surface area (Å²) in [7, 11) is 0. The van der Waals surface area contributed by atoms with Crippen LogP contribution in [0.3, 0.4) is 0 Å². The van der Waals surface area contributed by atoms with Crippen molar-refractivity contribution in [3.63, 3.8) is 0 Å². The summed E-state index contributed by atoms with van der Waals surface area (Å²) in [4.78, 5) is 24.8. The van der Waals surface area contributed by atoms with Crippen LogP contribution in [0.5, 0.6) is 11.5 Å². The molecule has 0 bridgehead atoms. The molecular weight excluding hydrogens is 625 g/mol. The van der Waals surface area contributed by atoms with E-state index in [1.54, 1.807) is 13.8 Å². The predicted octanol–water partition coefficient (Wildman–Crippen LogP) is 10.9. The SMILES string of the molecule is C=C(C)C(=O)Oc1ccccc1CCc1cc2ccccc2c2c1sc1c(CCc3ccccc3OC(=O)C(=C)C)cc3ccccc3c12. The van der Waals surface area contributed by atoms with E-state index in [1.165, 1.54) is 52.8 Å². The number of ether oxygens (including phenoxy) is 2. The average Bonchev–Trinajstić information content (AvgIpc) is 3.52. The standard InChI is InChI=1S/C44H36O4S/c1-27(2)43(45)47-37-19-11-7-13-29(37)21-23-33-25-31-15-5-9-17-35(31)39-40-36-18-10-6-16-32(36)26-34(42(40)49-41(33)39)24-22-30-14-8-12-20-38(30)48-44(46)28(3)4/h5-20,25-26H,1,3,21-24H2,2,4H3. The molecule has 0 radical (unpaired) electrons. The highest BCUT2D eigenvalue weighted by atomic mass is 32.1. The lowest BCUT2D eigenvalue weighted by atomic mass is 9.93. The number of thiophene rings is 1. The summed E-state index contributed by atoms with van der Waals surface area (Å²) in [5.41, 5.74) is 5.24. The van der Waals surface area contributed by atoms with Crippen molar-refractivity contribution in [3.05, 3.63) is 156 Å². The number of rotatable bonds is 10. The quantitative estimate of drug-likeness (QED) is 0.0832. The second-order valence-electron chi connectivity index (χ2n) is 12.6. The van der Waals surface area contributed by atoms with Gasteiger partial charge in [-0.15, -0.1) is 11.3 Å². The molecule has 6 aromatic carbocycles. The number of aryl methyl sites for hydroxylation is 4. The van der Waals surface area contributed by atoms with Gasteiger partial charge >= 0.3 is 11.9 Å². The van der Waals surface area contributed by atoms with Crippen LogP contribution in [0.25, 0.3) is 41.7 Å². The Morgan fingerprint density at radius 1 is 0.531 bits per heavy atom. The maximum absolute atomic E-state index is 12.4. The number of benzene rings is 6. The first-order chi connectivity index (χ1) is 23.8. The van der Waals surface area contributed by atoms with Crippen LogP contribution < -0.4 is 9.47 Å². The van der Waals surface area contributed by atoms with Gasteiger partial charge < -0.3 is 9.47 Å². The van der Waals surface area contributed by atoms with E-state index in [2.05, 4.69) is 73.8 Å². The summed E-state index contributed by atoms with van der Waals surface area (Å²) in [6.45, 7) is 10.8. The van der Waals surface area contributed by atoms with Crippen LogP contribution in [-0.2, 0) is 35.3 Å². The molecule has 0 amide bonds. The van der Waals surface area contributed by atoms with E-state index < -0.39 is 11.9 Å². The van der Waals surface area contributed by atoms with Crippen LogP contribution in [0, 0.1) is 0 Å². The fraction of sp³-hybridized carbons (Fsp3) is 0.136. The summed E-state index contributed by atoms with van der Waals surface area (Å²) in [6, 6.07) is 37.4. The average molecular weight is 661 g/mol. The summed E-state index contributed by atoms with van der Waals surface area (Å²) in [6.07, 6.45) is 3.00. The molecule has 7 rings (SSSR count). The van der Waals surface area contributed by atoms with Crippen LogP contribution in [0.4, 0.5) is 0 Å². The van der Waals surface area contributed by atoms with Crippen molar-refractivity contribution in [1.82, 2.24) is 0 Å². The zero-order valence-electron chi connectivity index (χ0n) is 27.7. The Labute approximate surface area is 289 Å². The largest absolute Gasteiger partial charge is 0.423 e. The molecule has 49 heavy (non-hydrogen) atoms. The molecule has 5 heteroatoms. The first-order valence-electron chi connectivity index (χ1n) is 16.5. The topological polar surface area (TPSA) is 52.6 Å². The van der Waals surface area contributed by atoms with Gasteiger partial charge in [0.15, 0.2) is 0 Å². The molecule has 0 saturated heterocycles. The highest BCUT2D eigenvalue weighted by molar-refractivity contribution is 7.26. The van der Waals surface area contributed by atoms with Crippen molar-refractivity contribution >= 4 is 65.0 Å². The number of carbonyl (C=O) groups is 2. The molecule has 242 valence electrons. The number of para-hydroxylation sites is 2. The van der Waals surface area contributed by atoms with E-state index in [0.717, 1.165) is 24.0 Å². The Hall–Kier alpha value is -5.52. The highest BCUT2D eigenvalue weighted by Crippen LogP contribution is 2.46. The highest BCUT2D eigenvalue weighted by Gasteiger charge is 2.20. The molecule has 0 N–H and O–H groups in total. The molecule has 0 aliphatic rings. The van der Waals surface area contributed by atoms with E-state index in [4.69, 9.17) is 9.47 Å².